The number of esters is 1. The number of rotatable bonds is 7. The molecule has 0 N–H and O–H groups in total. The monoisotopic (exact) mass is 461 g/mol. The number of hydrogen-bond donors (Lipinski definition) is 0. The summed E-state index contributed by atoms with van der Waals surface area (Å²) in [4.78, 5) is 25.9. The molecule has 1 unspecified atom stereocenters. The van der Waals surface area contributed by atoms with Crippen LogP contribution in [0.4, 0.5) is 0 Å². The van der Waals surface area contributed by atoms with Gasteiger partial charge in [0.2, 0.25) is 0 Å². The van der Waals surface area contributed by atoms with Gasteiger partial charge in [-0.05, 0) is 30.2 Å². The molecule has 1 atom stereocenters. The largest absolute Gasteiger partial charge is 0.497 e. The molecule has 2 heterocycles. The highest BCUT2D eigenvalue weighted by Crippen LogP contribution is 2.33. The van der Waals surface area contributed by atoms with E-state index in [2.05, 4.69) is 10.3 Å². The molecule has 1 aliphatic rings. The van der Waals surface area contributed by atoms with Gasteiger partial charge in [-0.3, -0.25) is 4.79 Å². The van der Waals surface area contributed by atoms with Crippen LogP contribution in [0, 0.1) is 6.92 Å². The molecule has 0 spiro atoms. The van der Waals surface area contributed by atoms with Gasteiger partial charge in [0, 0.05) is 12.3 Å². The maximum absolute atomic E-state index is 13.2. The summed E-state index contributed by atoms with van der Waals surface area (Å²) in [6.07, 6.45) is 0.540. The van der Waals surface area contributed by atoms with Crippen molar-refractivity contribution < 1.29 is 23.6 Å². The minimum absolute atomic E-state index is 0.0458. The van der Waals surface area contributed by atoms with E-state index in [9.17, 15) is 9.59 Å². The molecule has 0 radical (unpaired) electrons. The van der Waals surface area contributed by atoms with Gasteiger partial charge in [-0.1, -0.05) is 61.5 Å². The average Bonchev–Trinajstić information content (AvgIpc) is 3.47. The Balaban J connectivity index is 1.55. The van der Waals surface area contributed by atoms with E-state index in [1.807, 2.05) is 68.4 Å². The van der Waals surface area contributed by atoms with Gasteiger partial charge in [0.25, 0.3) is 5.91 Å². The molecule has 4 rings (SSSR count). The third kappa shape index (κ3) is 4.71. The topological polar surface area (TPSA) is 94.2 Å². The zero-order chi connectivity index (χ0) is 24.2. The molecule has 0 saturated heterocycles. The summed E-state index contributed by atoms with van der Waals surface area (Å²) in [5.74, 6) is 0.0681. The van der Waals surface area contributed by atoms with Crippen molar-refractivity contribution in [3.63, 3.8) is 0 Å². The van der Waals surface area contributed by atoms with Crippen LogP contribution in [0.2, 0.25) is 0 Å². The van der Waals surface area contributed by atoms with Crippen LogP contribution in [0.15, 0.2) is 64.2 Å². The van der Waals surface area contributed by atoms with Gasteiger partial charge in [0.15, 0.2) is 12.4 Å². The Bertz CT molecular complexity index is 1200. The lowest BCUT2D eigenvalue weighted by Gasteiger charge is -2.22. The number of hydrogen-bond acceptors (Lipinski definition) is 7. The van der Waals surface area contributed by atoms with Crippen LogP contribution in [0.25, 0.3) is 0 Å². The SMILES string of the molecule is COc1ccc(C2CC(c3ccccc3)=NN2C(=O)COC(=O)c2c(C)noc2C(C)C)cc1. The Morgan fingerprint density at radius 1 is 1.12 bits per heavy atom. The number of hydrazone groups is 1. The van der Waals surface area contributed by atoms with Gasteiger partial charge in [0.05, 0.1) is 24.6 Å². The van der Waals surface area contributed by atoms with E-state index in [1.165, 1.54) is 5.01 Å². The second-order valence-corrected chi connectivity index (χ2v) is 8.38. The summed E-state index contributed by atoms with van der Waals surface area (Å²) in [7, 11) is 1.60. The van der Waals surface area contributed by atoms with E-state index in [1.54, 1.807) is 14.0 Å². The van der Waals surface area contributed by atoms with E-state index >= 15 is 0 Å². The van der Waals surface area contributed by atoms with Gasteiger partial charge in [-0.25, -0.2) is 9.80 Å². The number of benzene rings is 2. The second kappa shape index (κ2) is 9.91. The van der Waals surface area contributed by atoms with E-state index in [0.717, 1.165) is 22.6 Å². The van der Waals surface area contributed by atoms with E-state index < -0.39 is 18.5 Å². The second-order valence-electron chi connectivity index (χ2n) is 8.38. The van der Waals surface area contributed by atoms with Crippen LogP contribution in [-0.4, -0.2) is 41.5 Å². The summed E-state index contributed by atoms with van der Waals surface area (Å²) >= 11 is 0. The van der Waals surface area contributed by atoms with Crippen molar-refractivity contribution in [3.05, 3.63) is 82.7 Å². The molecule has 0 aliphatic carbocycles. The third-order valence-corrected chi connectivity index (χ3v) is 5.72. The summed E-state index contributed by atoms with van der Waals surface area (Å²) < 4.78 is 15.9. The normalized spacial score (nSPS) is 15.4. The highest BCUT2D eigenvalue weighted by molar-refractivity contribution is 6.03. The van der Waals surface area contributed by atoms with Crippen molar-refractivity contribution >= 4 is 17.6 Å². The highest BCUT2D eigenvalue weighted by atomic mass is 16.5. The van der Waals surface area contributed by atoms with Crippen molar-refractivity contribution in [1.29, 1.82) is 0 Å². The molecular formula is C26H27N3O5. The number of carbonyl (C=O) groups excluding carboxylic acids is 2. The molecule has 34 heavy (non-hydrogen) atoms. The molecule has 1 aromatic heterocycles. The number of aromatic nitrogens is 1. The zero-order valence-corrected chi connectivity index (χ0v) is 19.6. The lowest BCUT2D eigenvalue weighted by molar-refractivity contribution is -0.136. The number of methoxy groups -OCH3 is 1. The zero-order valence-electron chi connectivity index (χ0n) is 19.6. The third-order valence-electron chi connectivity index (χ3n) is 5.72. The van der Waals surface area contributed by atoms with Gasteiger partial charge in [-0.15, -0.1) is 0 Å². The van der Waals surface area contributed by atoms with Crippen molar-refractivity contribution in [3.8, 4) is 5.75 Å². The van der Waals surface area contributed by atoms with Crippen LogP contribution >= 0.6 is 0 Å². The van der Waals surface area contributed by atoms with E-state index in [0.29, 0.717) is 17.9 Å². The number of nitrogens with zero attached hydrogens (tertiary/aromatic N) is 3. The summed E-state index contributed by atoms with van der Waals surface area (Å²) in [5.41, 5.74) is 3.34. The predicted octanol–water partition coefficient (Wildman–Crippen LogP) is 4.65. The van der Waals surface area contributed by atoms with Gasteiger partial charge in [-0.2, -0.15) is 5.10 Å². The minimum Gasteiger partial charge on any atom is -0.497 e. The Kier molecular flexibility index (Phi) is 6.77. The van der Waals surface area contributed by atoms with Gasteiger partial charge >= 0.3 is 5.97 Å². The summed E-state index contributed by atoms with van der Waals surface area (Å²) in [6.45, 7) is 5.01. The van der Waals surface area contributed by atoms with Gasteiger partial charge < -0.3 is 14.0 Å². The van der Waals surface area contributed by atoms with Crippen LogP contribution < -0.4 is 4.74 Å². The minimum atomic E-state index is -0.636. The van der Waals surface area contributed by atoms with Crippen LogP contribution in [0.3, 0.4) is 0 Å². The Morgan fingerprint density at radius 3 is 2.47 bits per heavy atom. The van der Waals surface area contributed by atoms with Crippen molar-refractivity contribution in [2.45, 2.75) is 39.2 Å². The standard InChI is InChI=1S/C26H27N3O5/c1-16(2)25-24(17(3)28-34-25)26(31)33-15-23(30)29-22(19-10-12-20(32-4)13-11-19)14-21(27-29)18-8-6-5-7-9-18/h5-13,16,22H,14-15H2,1-4H3. The number of carbonyl (C=O) groups is 2. The maximum Gasteiger partial charge on any atom is 0.344 e. The smallest absolute Gasteiger partial charge is 0.344 e. The fourth-order valence-electron chi connectivity index (χ4n) is 3.93. The lowest BCUT2D eigenvalue weighted by Crippen LogP contribution is -2.31. The van der Waals surface area contributed by atoms with Gasteiger partial charge in [0.1, 0.15) is 11.3 Å². The molecule has 0 bridgehead atoms. The Morgan fingerprint density at radius 2 is 1.82 bits per heavy atom. The summed E-state index contributed by atoms with van der Waals surface area (Å²) in [5, 5.41) is 9.88. The maximum atomic E-state index is 13.2. The average molecular weight is 462 g/mol. The lowest BCUT2D eigenvalue weighted by atomic mass is 9.98. The van der Waals surface area contributed by atoms with Crippen molar-refractivity contribution in [2.75, 3.05) is 13.7 Å². The molecule has 1 aliphatic heterocycles. The van der Waals surface area contributed by atoms with Crippen LogP contribution in [0.5, 0.6) is 5.75 Å². The van der Waals surface area contributed by atoms with Crippen LogP contribution in [0.1, 0.15) is 65.2 Å². The van der Waals surface area contributed by atoms with E-state index in [4.69, 9.17) is 14.0 Å². The molecule has 3 aromatic rings. The molecule has 0 fully saturated rings. The Hall–Kier alpha value is -3.94. The number of aryl methyl sites for hydroxylation is 1. The summed E-state index contributed by atoms with van der Waals surface area (Å²) in [6, 6.07) is 16.9. The first kappa shape index (κ1) is 23.2. The number of ether oxygens (including phenoxy) is 2. The molecule has 8 nitrogen and oxygen atoms in total. The first-order chi connectivity index (χ1) is 16.4. The molecule has 176 valence electrons. The Labute approximate surface area is 198 Å². The first-order valence-corrected chi connectivity index (χ1v) is 11.1. The molecule has 8 heteroatoms. The van der Waals surface area contributed by atoms with Crippen molar-refractivity contribution in [1.82, 2.24) is 10.2 Å². The molecule has 1 amide bonds. The first-order valence-electron chi connectivity index (χ1n) is 11.1. The quantitative estimate of drug-likeness (QED) is 0.476. The molecule has 2 aromatic carbocycles. The fourth-order valence-corrected chi connectivity index (χ4v) is 3.93. The fraction of sp³-hybridized carbons (Fsp3) is 0.308. The highest BCUT2D eigenvalue weighted by Gasteiger charge is 2.34. The van der Waals surface area contributed by atoms with Crippen LogP contribution in [-0.2, 0) is 9.53 Å². The number of amides is 1. The molecular weight excluding hydrogens is 434 g/mol. The van der Waals surface area contributed by atoms with E-state index in [-0.39, 0.29) is 17.5 Å². The molecule has 0 saturated carbocycles. The van der Waals surface area contributed by atoms with Crippen molar-refractivity contribution in [2.24, 2.45) is 5.10 Å². The predicted molar refractivity (Wildman–Crippen MR) is 126 cm³/mol.